The Hall–Kier alpha value is -3.56. The number of amides is 1. The molecule has 0 spiro atoms. The maximum atomic E-state index is 12.4. The Labute approximate surface area is 188 Å². The first-order valence-electron chi connectivity index (χ1n) is 10.7. The zero-order valence-corrected chi connectivity index (χ0v) is 17.8. The van der Waals surface area contributed by atoms with Crippen molar-refractivity contribution < 1.29 is 27.2 Å². The van der Waals surface area contributed by atoms with E-state index in [1.807, 2.05) is 0 Å². The maximum absolute atomic E-state index is 12.4. The van der Waals surface area contributed by atoms with Crippen LogP contribution in [0.25, 0.3) is 23.0 Å². The number of allylic oxidation sites excluding steroid dienone is 1. The minimum atomic E-state index is -4.76. The first-order valence-corrected chi connectivity index (χ1v) is 10.7. The van der Waals surface area contributed by atoms with Gasteiger partial charge in [-0.25, -0.2) is 0 Å². The normalized spacial score (nSPS) is 14.1. The van der Waals surface area contributed by atoms with Gasteiger partial charge in [0.25, 0.3) is 5.89 Å². The van der Waals surface area contributed by atoms with Crippen LogP contribution in [0.5, 0.6) is 5.75 Å². The molecule has 4 rings (SSSR count). The van der Waals surface area contributed by atoms with Crippen molar-refractivity contribution in [2.24, 2.45) is 0 Å². The van der Waals surface area contributed by atoms with Crippen molar-refractivity contribution in [2.75, 3.05) is 6.54 Å². The summed E-state index contributed by atoms with van der Waals surface area (Å²) in [7, 11) is 0. The number of hydrogen-bond acceptors (Lipinski definition) is 5. The third-order valence-corrected chi connectivity index (χ3v) is 5.29. The molecular formula is C23H23F3N4O3. The van der Waals surface area contributed by atoms with Crippen LogP contribution < -0.4 is 10.1 Å². The number of hydrogen-bond donors (Lipinski definition) is 1. The van der Waals surface area contributed by atoms with Crippen LogP contribution in [-0.2, 0) is 11.3 Å². The van der Waals surface area contributed by atoms with E-state index >= 15 is 0 Å². The minimum absolute atomic E-state index is 0.0998. The van der Waals surface area contributed by atoms with Crippen molar-refractivity contribution in [3.8, 4) is 28.7 Å². The van der Waals surface area contributed by atoms with Gasteiger partial charge in [-0.2, -0.15) is 4.98 Å². The summed E-state index contributed by atoms with van der Waals surface area (Å²) in [5.74, 6) is -0.0502. The van der Waals surface area contributed by atoms with Gasteiger partial charge in [-0.05, 0) is 68.5 Å². The maximum Gasteiger partial charge on any atom is 0.573 e. The topological polar surface area (TPSA) is 82.2 Å². The van der Waals surface area contributed by atoms with Gasteiger partial charge in [0.2, 0.25) is 11.7 Å². The number of alkyl halides is 3. The molecule has 0 unspecified atom stereocenters. The summed E-state index contributed by atoms with van der Waals surface area (Å²) in [6.07, 6.45) is 4.79. The average Bonchev–Trinajstić information content (AvgIpc) is 3.43. The van der Waals surface area contributed by atoms with Crippen molar-refractivity contribution in [1.82, 2.24) is 20.0 Å². The molecule has 0 fully saturated rings. The lowest BCUT2D eigenvalue weighted by molar-refractivity contribution is -0.274. The lowest BCUT2D eigenvalue weighted by Crippen LogP contribution is -2.28. The van der Waals surface area contributed by atoms with Gasteiger partial charge in [-0.3, -0.25) is 4.79 Å². The molecule has 0 radical (unpaired) electrons. The number of carbonyl (C=O) groups is 1. The molecule has 7 nitrogen and oxygen atoms in total. The first kappa shape index (κ1) is 22.6. The summed E-state index contributed by atoms with van der Waals surface area (Å²) >= 11 is 0. The lowest BCUT2D eigenvalue weighted by atomic mass is 9.97. The second kappa shape index (κ2) is 9.93. The summed E-state index contributed by atoms with van der Waals surface area (Å²) in [4.78, 5) is 16.7. The quantitative estimate of drug-likeness (QED) is 0.473. The molecule has 10 heteroatoms. The summed E-state index contributed by atoms with van der Waals surface area (Å²) < 4.78 is 47.8. The molecule has 1 aromatic carbocycles. The lowest BCUT2D eigenvalue weighted by Gasteiger charge is -2.13. The van der Waals surface area contributed by atoms with Gasteiger partial charge < -0.3 is 19.1 Å². The van der Waals surface area contributed by atoms with E-state index in [9.17, 15) is 18.0 Å². The van der Waals surface area contributed by atoms with Crippen molar-refractivity contribution >= 4 is 5.91 Å². The van der Waals surface area contributed by atoms with Crippen molar-refractivity contribution in [1.29, 1.82) is 0 Å². The number of nitrogens with zero attached hydrogens (tertiary/aromatic N) is 3. The smallest absolute Gasteiger partial charge is 0.406 e. The van der Waals surface area contributed by atoms with Gasteiger partial charge in [-0.15, -0.1) is 13.2 Å². The highest BCUT2D eigenvalue weighted by atomic mass is 19.4. The fourth-order valence-corrected chi connectivity index (χ4v) is 3.70. The fraction of sp³-hybridized carbons (Fsp3) is 0.348. The third-order valence-electron chi connectivity index (χ3n) is 5.29. The van der Waals surface area contributed by atoms with Crippen molar-refractivity contribution in [3.05, 3.63) is 54.2 Å². The molecule has 1 aliphatic rings. The van der Waals surface area contributed by atoms with Crippen LogP contribution in [0.4, 0.5) is 13.2 Å². The van der Waals surface area contributed by atoms with E-state index in [1.165, 1.54) is 42.7 Å². The van der Waals surface area contributed by atoms with Gasteiger partial charge in [0.1, 0.15) is 18.0 Å². The highest BCUT2D eigenvalue weighted by Crippen LogP contribution is 2.27. The zero-order valence-electron chi connectivity index (χ0n) is 17.8. The predicted octanol–water partition coefficient (Wildman–Crippen LogP) is 5.11. The molecular weight excluding hydrogens is 437 g/mol. The predicted molar refractivity (Wildman–Crippen MR) is 114 cm³/mol. The highest BCUT2D eigenvalue weighted by molar-refractivity contribution is 5.76. The third kappa shape index (κ3) is 6.24. The molecule has 0 bridgehead atoms. The number of rotatable bonds is 8. The standard InChI is InChI=1S/C23H23F3N4O3/c24-23(25,26)32-18-10-8-17(9-11-18)21-28-22(33-29-21)19-7-4-14-30(19)15-20(31)27-13-12-16-5-2-1-3-6-16/h4-5,7-11,14H,1-3,6,12-13,15H2,(H,27,31). The van der Waals surface area contributed by atoms with E-state index in [4.69, 9.17) is 4.52 Å². The molecule has 1 N–H and O–H groups in total. The average molecular weight is 460 g/mol. The van der Waals surface area contributed by atoms with Gasteiger partial charge in [0.15, 0.2) is 0 Å². The summed E-state index contributed by atoms with van der Waals surface area (Å²) in [5.41, 5.74) is 2.43. The summed E-state index contributed by atoms with van der Waals surface area (Å²) in [6, 6.07) is 8.68. The van der Waals surface area contributed by atoms with Crippen LogP contribution in [0, 0.1) is 0 Å². The largest absolute Gasteiger partial charge is 0.573 e. The molecule has 33 heavy (non-hydrogen) atoms. The zero-order chi connectivity index (χ0) is 23.3. The van der Waals surface area contributed by atoms with Crippen molar-refractivity contribution in [3.63, 3.8) is 0 Å². The number of ether oxygens (including phenoxy) is 1. The highest BCUT2D eigenvalue weighted by Gasteiger charge is 2.31. The molecule has 2 heterocycles. The monoisotopic (exact) mass is 460 g/mol. The molecule has 0 saturated carbocycles. The van der Waals surface area contributed by atoms with Crippen LogP contribution in [0.2, 0.25) is 0 Å². The van der Waals surface area contributed by atoms with Gasteiger partial charge in [0, 0.05) is 18.3 Å². The van der Waals surface area contributed by atoms with Gasteiger partial charge in [-0.1, -0.05) is 16.8 Å². The Balaban J connectivity index is 1.37. The summed E-state index contributed by atoms with van der Waals surface area (Å²) in [5, 5.41) is 6.84. The van der Waals surface area contributed by atoms with Crippen LogP contribution in [0.1, 0.15) is 32.1 Å². The first-order chi connectivity index (χ1) is 15.9. The number of nitrogens with one attached hydrogen (secondary N) is 1. The molecule has 3 aromatic rings. The van der Waals surface area contributed by atoms with Gasteiger partial charge in [0.05, 0.1) is 0 Å². The van der Waals surface area contributed by atoms with E-state index in [-0.39, 0.29) is 29.9 Å². The SMILES string of the molecule is O=C(Cn1cccc1-c1nc(-c2ccc(OC(F)(F)F)cc2)no1)NCCC1=CCCCC1. The summed E-state index contributed by atoms with van der Waals surface area (Å²) in [6.45, 7) is 0.697. The number of carbonyl (C=O) groups excluding carboxylic acids is 1. The molecule has 1 aliphatic carbocycles. The van der Waals surface area contributed by atoms with Crippen molar-refractivity contribution in [2.45, 2.75) is 45.0 Å². The Morgan fingerprint density at radius 3 is 2.73 bits per heavy atom. The van der Waals surface area contributed by atoms with E-state index in [1.54, 1.807) is 22.9 Å². The molecule has 2 aromatic heterocycles. The van der Waals surface area contributed by atoms with E-state index in [2.05, 4.69) is 26.3 Å². The Morgan fingerprint density at radius 2 is 2.00 bits per heavy atom. The number of halogens is 3. The minimum Gasteiger partial charge on any atom is -0.406 e. The second-order valence-corrected chi connectivity index (χ2v) is 7.72. The number of aromatic nitrogens is 3. The molecule has 0 atom stereocenters. The second-order valence-electron chi connectivity index (χ2n) is 7.72. The molecule has 1 amide bonds. The van der Waals surface area contributed by atoms with Crippen LogP contribution >= 0.6 is 0 Å². The van der Waals surface area contributed by atoms with E-state index in [0.717, 1.165) is 19.3 Å². The molecule has 0 aliphatic heterocycles. The number of benzene rings is 1. The fourth-order valence-electron chi connectivity index (χ4n) is 3.70. The van der Waals surface area contributed by atoms with E-state index < -0.39 is 6.36 Å². The van der Waals surface area contributed by atoms with E-state index in [0.29, 0.717) is 17.8 Å². The molecule has 0 saturated heterocycles. The van der Waals surface area contributed by atoms with Gasteiger partial charge >= 0.3 is 6.36 Å². The Kier molecular flexibility index (Phi) is 6.81. The van der Waals surface area contributed by atoms with Crippen LogP contribution in [0.15, 0.2) is 58.8 Å². The van der Waals surface area contributed by atoms with Crippen LogP contribution in [0.3, 0.4) is 0 Å². The molecule has 174 valence electrons. The Bertz CT molecular complexity index is 1120. The Morgan fingerprint density at radius 1 is 1.18 bits per heavy atom. The van der Waals surface area contributed by atoms with Crippen LogP contribution in [-0.4, -0.2) is 33.5 Å².